The average molecular weight is 363 g/mol. The van der Waals surface area contributed by atoms with Gasteiger partial charge in [-0.1, -0.05) is 11.2 Å². The molecule has 0 saturated carbocycles. The van der Waals surface area contributed by atoms with Crippen molar-refractivity contribution in [3.8, 4) is 11.3 Å². The topological polar surface area (TPSA) is 60.1 Å². The van der Waals surface area contributed by atoms with E-state index in [0.29, 0.717) is 12.2 Å². The summed E-state index contributed by atoms with van der Waals surface area (Å²) in [5.41, 5.74) is 1.68. The molecule has 0 radical (unpaired) electrons. The molecular weight excluding hydrogens is 346 g/mol. The first-order chi connectivity index (χ1) is 12.8. The third-order valence-corrected chi connectivity index (χ3v) is 5.10. The summed E-state index contributed by atoms with van der Waals surface area (Å²) in [6.45, 7) is 0. The lowest BCUT2D eigenvalue weighted by atomic mass is 10.1. The molecule has 6 heteroatoms. The smallest absolute Gasteiger partial charge is 0.226 e. The van der Waals surface area contributed by atoms with Crippen LogP contribution in [0.3, 0.4) is 0 Å². The van der Waals surface area contributed by atoms with Gasteiger partial charge in [0.05, 0.1) is 18.7 Å². The van der Waals surface area contributed by atoms with Crippen LogP contribution in [0.15, 0.2) is 83.1 Å². The number of hydrogen-bond donors (Lipinski definition) is 1. The molecule has 1 amide bonds. The molecule has 1 atom stereocenters. The Morgan fingerprint density at radius 2 is 1.92 bits per heavy atom. The summed E-state index contributed by atoms with van der Waals surface area (Å²) in [7, 11) is 0. The van der Waals surface area contributed by atoms with Crippen molar-refractivity contribution in [3.05, 3.63) is 83.4 Å². The minimum Gasteiger partial charge on any atom is -0.356 e. The molecule has 4 aromatic rings. The number of amides is 1. The lowest BCUT2D eigenvalue weighted by molar-refractivity contribution is -0.116. The average Bonchev–Trinajstić information content (AvgIpc) is 3.44. The Labute approximate surface area is 154 Å². The van der Waals surface area contributed by atoms with Gasteiger partial charge >= 0.3 is 0 Å². The molecule has 0 saturated heterocycles. The zero-order chi connectivity index (χ0) is 17.8. The predicted molar refractivity (Wildman–Crippen MR) is 102 cm³/mol. The fourth-order valence-corrected chi connectivity index (χ4v) is 3.69. The minimum atomic E-state index is -0.0236. The van der Waals surface area contributed by atoms with Gasteiger partial charge in [0.25, 0.3) is 0 Å². The number of thiophene rings is 1. The third-order valence-electron chi connectivity index (χ3n) is 4.13. The number of carbonyl (C=O) groups is 1. The van der Waals surface area contributed by atoms with Gasteiger partial charge in [-0.05, 0) is 47.8 Å². The summed E-state index contributed by atoms with van der Waals surface area (Å²) >= 11 is 1.66. The van der Waals surface area contributed by atoms with Crippen molar-refractivity contribution in [1.29, 1.82) is 0 Å². The standard InChI is InChI=1S/C20H17N3O2S/c24-20(14-17(19-4-3-13-26-19)23-11-1-2-12-23)22-16-7-5-15(6-8-16)18-9-10-21-25-18/h1-13,17H,14H2,(H,22,24)/t17-/m1/s1. The van der Waals surface area contributed by atoms with E-state index < -0.39 is 0 Å². The summed E-state index contributed by atoms with van der Waals surface area (Å²) in [6, 6.07) is 17.4. The Bertz CT molecular complexity index is 909. The van der Waals surface area contributed by atoms with Crippen molar-refractivity contribution >= 4 is 22.9 Å². The number of aromatic nitrogens is 2. The first-order valence-corrected chi connectivity index (χ1v) is 9.14. The summed E-state index contributed by atoms with van der Waals surface area (Å²) < 4.78 is 7.20. The molecule has 1 N–H and O–H groups in total. The lowest BCUT2D eigenvalue weighted by Gasteiger charge is -2.17. The molecule has 0 aliphatic carbocycles. The van der Waals surface area contributed by atoms with Gasteiger partial charge in [-0.2, -0.15) is 0 Å². The lowest BCUT2D eigenvalue weighted by Crippen LogP contribution is -2.19. The first-order valence-electron chi connectivity index (χ1n) is 8.26. The van der Waals surface area contributed by atoms with Gasteiger partial charge in [0.15, 0.2) is 5.76 Å². The summed E-state index contributed by atoms with van der Waals surface area (Å²) in [4.78, 5) is 13.7. The fraction of sp³-hybridized carbons (Fsp3) is 0.100. The maximum atomic E-state index is 12.6. The molecule has 5 nitrogen and oxygen atoms in total. The second-order valence-electron chi connectivity index (χ2n) is 5.87. The fourth-order valence-electron chi connectivity index (χ4n) is 2.86. The third kappa shape index (κ3) is 3.60. The van der Waals surface area contributed by atoms with Crippen LogP contribution in [0.1, 0.15) is 17.3 Å². The van der Waals surface area contributed by atoms with Crippen LogP contribution in [-0.4, -0.2) is 15.6 Å². The zero-order valence-electron chi connectivity index (χ0n) is 13.9. The van der Waals surface area contributed by atoms with E-state index in [1.807, 2.05) is 60.2 Å². The van der Waals surface area contributed by atoms with E-state index in [1.165, 1.54) is 0 Å². The highest BCUT2D eigenvalue weighted by atomic mass is 32.1. The van der Waals surface area contributed by atoms with Crippen LogP contribution >= 0.6 is 11.3 Å². The molecule has 3 heterocycles. The van der Waals surface area contributed by atoms with Crippen molar-refractivity contribution in [3.63, 3.8) is 0 Å². The van der Waals surface area contributed by atoms with Crippen molar-refractivity contribution in [2.45, 2.75) is 12.5 Å². The number of benzene rings is 1. The molecule has 4 rings (SSSR count). The Balaban J connectivity index is 1.45. The van der Waals surface area contributed by atoms with Gasteiger partial charge < -0.3 is 14.4 Å². The van der Waals surface area contributed by atoms with Gasteiger partial charge in [-0.15, -0.1) is 11.3 Å². The Morgan fingerprint density at radius 3 is 2.58 bits per heavy atom. The molecule has 0 aliphatic rings. The van der Waals surface area contributed by atoms with E-state index in [2.05, 4.69) is 21.1 Å². The largest absolute Gasteiger partial charge is 0.356 e. The van der Waals surface area contributed by atoms with Gasteiger partial charge in [0, 0.05) is 34.6 Å². The quantitative estimate of drug-likeness (QED) is 0.534. The maximum absolute atomic E-state index is 12.6. The number of rotatable bonds is 6. The molecular formula is C20H17N3O2S. The molecule has 0 unspecified atom stereocenters. The van der Waals surface area contributed by atoms with Crippen LogP contribution < -0.4 is 5.32 Å². The zero-order valence-corrected chi connectivity index (χ0v) is 14.7. The SMILES string of the molecule is O=C(C[C@H](c1cccs1)n1cccc1)Nc1ccc(-c2ccno2)cc1. The van der Waals surface area contributed by atoms with Crippen LogP contribution in [0.4, 0.5) is 5.69 Å². The van der Waals surface area contributed by atoms with E-state index in [-0.39, 0.29) is 11.9 Å². The Hall–Kier alpha value is -3.12. The molecule has 130 valence electrons. The Morgan fingerprint density at radius 1 is 1.12 bits per heavy atom. The van der Waals surface area contributed by atoms with E-state index >= 15 is 0 Å². The monoisotopic (exact) mass is 363 g/mol. The van der Waals surface area contributed by atoms with Gasteiger partial charge in [0.2, 0.25) is 5.91 Å². The number of hydrogen-bond acceptors (Lipinski definition) is 4. The van der Waals surface area contributed by atoms with Gasteiger partial charge in [0.1, 0.15) is 0 Å². The molecule has 3 aromatic heterocycles. The highest BCUT2D eigenvalue weighted by Crippen LogP contribution is 2.27. The van der Waals surface area contributed by atoms with Crippen LogP contribution in [0.25, 0.3) is 11.3 Å². The van der Waals surface area contributed by atoms with Crippen LogP contribution in [0.5, 0.6) is 0 Å². The minimum absolute atomic E-state index is 0.00142. The summed E-state index contributed by atoms with van der Waals surface area (Å²) in [5, 5.41) is 8.71. The Kier molecular flexibility index (Phi) is 4.66. The molecule has 0 spiro atoms. The molecule has 0 bridgehead atoms. The number of anilines is 1. The van der Waals surface area contributed by atoms with Crippen molar-refractivity contribution in [1.82, 2.24) is 9.72 Å². The molecule has 0 fully saturated rings. The number of carbonyl (C=O) groups excluding carboxylic acids is 1. The molecule has 1 aromatic carbocycles. The van der Waals surface area contributed by atoms with Crippen LogP contribution in [0.2, 0.25) is 0 Å². The number of nitrogens with one attached hydrogen (secondary N) is 1. The maximum Gasteiger partial charge on any atom is 0.226 e. The second kappa shape index (κ2) is 7.41. The van der Waals surface area contributed by atoms with Crippen molar-refractivity contribution in [2.24, 2.45) is 0 Å². The van der Waals surface area contributed by atoms with Crippen molar-refractivity contribution < 1.29 is 9.32 Å². The van der Waals surface area contributed by atoms with Gasteiger partial charge in [-0.25, -0.2) is 0 Å². The van der Waals surface area contributed by atoms with E-state index in [0.717, 1.165) is 16.1 Å². The second-order valence-corrected chi connectivity index (χ2v) is 6.85. The van der Waals surface area contributed by atoms with Crippen LogP contribution in [0, 0.1) is 0 Å². The molecule has 0 aliphatic heterocycles. The highest BCUT2D eigenvalue weighted by molar-refractivity contribution is 7.10. The molecule has 26 heavy (non-hydrogen) atoms. The van der Waals surface area contributed by atoms with Crippen molar-refractivity contribution in [2.75, 3.05) is 5.32 Å². The van der Waals surface area contributed by atoms with E-state index in [1.54, 1.807) is 23.6 Å². The van der Waals surface area contributed by atoms with Crippen LogP contribution in [-0.2, 0) is 4.79 Å². The van der Waals surface area contributed by atoms with E-state index in [9.17, 15) is 4.79 Å². The predicted octanol–water partition coefficient (Wildman–Crippen LogP) is 4.82. The highest BCUT2D eigenvalue weighted by Gasteiger charge is 2.18. The van der Waals surface area contributed by atoms with E-state index in [4.69, 9.17) is 4.52 Å². The first kappa shape index (κ1) is 16.4. The summed E-state index contributed by atoms with van der Waals surface area (Å²) in [5.74, 6) is 0.678. The van der Waals surface area contributed by atoms with Gasteiger partial charge in [-0.3, -0.25) is 4.79 Å². The number of nitrogens with zero attached hydrogens (tertiary/aromatic N) is 2. The summed E-state index contributed by atoms with van der Waals surface area (Å²) in [6.07, 6.45) is 5.96. The normalized spacial score (nSPS) is 12.0.